The first-order valence-corrected chi connectivity index (χ1v) is 10.2. The van der Waals surface area contributed by atoms with Gasteiger partial charge in [-0.1, -0.05) is 6.07 Å². The summed E-state index contributed by atoms with van der Waals surface area (Å²) in [5.74, 6) is -1.73. The van der Waals surface area contributed by atoms with Crippen molar-refractivity contribution in [3.63, 3.8) is 0 Å². The Balaban J connectivity index is 1.52. The van der Waals surface area contributed by atoms with Crippen LogP contribution in [0, 0.1) is 5.41 Å². The molecule has 3 heterocycles. The van der Waals surface area contributed by atoms with Crippen LogP contribution in [-0.2, 0) is 16.1 Å². The van der Waals surface area contributed by atoms with Crippen molar-refractivity contribution in [2.24, 2.45) is 5.41 Å². The minimum Gasteiger partial charge on any atom is -0.486 e. The monoisotopic (exact) mass is 410 g/mol. The van der Waals surface area contributed by atoms with Crippen LogP contribution in [0.15, 0.2) is 18.2 Å². The van der Waals surface area contributed by atoms with E-state index in [9.17, 15) is 13.6 Å². The number of fused-ring (bicyclic) bond motifs is 1. The lowest BCUT2D eigenvalue weighted by Crippen LogP contribution is -2.61. The molecular formula is C21H28F2N2O4. The number of rotatable bonds is 5. The number of carbonyl (C=O) groups is 1. The fraction of sp³-hybridized carbons (Fsp3) is 0.667. The van der Waals surface area contributed by atoms with Crippen molar-refractivity contribution in [2.45, 2.75) is 31.7 Å². The Labute approximate surface area is 169 Å². The number of hydrogen-bond donors (Lipinski definition) is 0. The van der Waals surface area contributed by atoms with Crippen LogP contribution in [0.25, 0.3) is 0 Å². The van der Waals surface area contributed by atoms with Crippen LogP contribution in [0.4, 0.5) is 8.78 Å². The van der Waals surface area contributed by atoms with Crippen molar-refractivity contribution in [1.29, 1.82) is 0 Å². The number of likely N-dealkylation sites (tertiary alicyclic amines) is 2. The number of amides is 1. The Morgan fingerprint density at radius 2 is 1.97 bits per heavy atom. The zero-order chi connectivity index (χ0) is 20.5. The smallest absolute Gasteiger partial charge is 0.261 e. The lowest BCUT2D eigenvalue weighted by molar-refractivity contribution is -0.170. The molecule has 2 fully saturated rings. The second-order valence-corrected chi connectivity index (χ2v) is 8.32. The zero-order valence-corrected chi connectivity index (χ0v) is 16.8. The summed E-state index contributed by atoms with van der Waals surface area (Å²) in [6, 6.07) is 5.54. The number of alkyl halides is 2. The second kappa shape index (κ2) is 8.07. The Morgan fingerprint density at radius 1 is 1.17 bits per heavy atom. The van der Waals surface area contributed by atoms with Crippen LogP contribution in [-0.4, -0.2) is 74.7 Å². The summed E-state index contributed by atoms with van der Waals surface area (Å²) >= 11 is 0. The predicted octanol–water partition coefficient (Wildman–Crippen LogP) is 2.55. The predicted molar refractivity (Wildman–Crippen MR) is 102 cm³/mol. The Kier molecular flexibility index (Phi) is 5.66. The van der Waals surface area contributed by atoms with E-state index in [0.717, 1.165) is 12.0 Å². The van der Waals surface area contributed by atoms with Crippen LogP contribution < -0.4 is 9.47 Å². The summed E-state index contributed by atoms with van der Waals surface area (Å²) in [4.78, 5) is 16.6. The SMILES string of the molecule is COCCN1CCCC2(CN(Cc3ccc4c(c3)OCCO4)CC(F)(F)C2)C1=O. The van der Waals surface area contributed by atoms with Crippen LogP contribution in [0.1, 0.15) is 24.8 Å². The molecule has 0 saturated carbocycles. The zero-order valence-electron chi connectivity index (χ0n) is 16.8. The van der Waals surface area contributed by atoms with Gasteiger partial charge in [0.1, 0.15) is 13.2 Å². The van der Waals surface area contributed by atoms with Crippen molar-refractivity contribution in [1.82, 2.24) is 9.80 Å². The summed E-state index contributed by atoms with van der Waals surface area (Å²) < 4.78 is 45.7. The van der Waals surface area contributed by atoms with Crippen LogP contribution in [0.3, 0.4) is 0 Å². The molecule has 8 heteroatoms. The van der Waals surface area contributed by atoms with Gasteiger partial charge in [-0.2, -0.15) is 0 Å². The average molecular weight is 410 g/mol. The van der Waals surface area contributed by atoms with Gasteiger partial charge in [0.05, 0.1) is 18.6 Å². The summed E-state index contributed by atoms with van der Waals surface area (Å²) in [7, 11) is 1.58. The second-order valence-electron chi connectivity index (χ2n) is 8.32. The molecule has 1 unspecified atom stereocenters. The maximum absolute atomic E-state index is 14.7. The third kappa shape index (κ3) is 4.33. The molecule has 6 nitrogen and oxygen atoms in total. The molecule has 1 atom stereocenters. The topological polar surface area (TPSA) is 51.2 Å². The molecule has 1 aromatic rings. The van der Waals surface area contributed by atoms with Gasteiger partial charge in [0.2, 0.25) is 5.91 Å². The van der Waals surface area contributed by atoms with Gasteiger partial charge in [0.25, 0.3) is 5.92 Å². The van der Waals surface area contributed by atoms with Gasteiger partial charge in [-0.15, -0.1) is 0 Å². The van der Waals surface area contributed by atoms with E-state index in [1.165, 1.54) is 0 Å². The van der Waals surface area contributed by atoms with E-state index in [4.69, 9.17) is 14.2 Å². The molecule has 0 aliphatic carbocycles. The highest BCUT2D eigenvalue weighted by atomic mass is 19.3. The summed E-state index contributed by atoms with van der Waals surface area (Å²) in [6.07, 6.45) is 0.867. The number of nitrogens with zero attached hydrogens (tertiary/aromatic N) is 2. The molecule has 0 N–H and O–H groups in total. The fourth-order valence-corrected chi connectivity index (χ4v) is 4.85. The van der Waals surface area contributed by atoms with Gasteiger partial charge in [0.15, 0.2) is 11.5 Å². The lowest BCUT2D eigenvalue weighted by atomic mass is 9.71. The lowest BCUT2D eigenvalue weighted by Gasteiger charge is -2.49. The molecule has 2 saturated heterocycles. The standard InChI is InChI=1S/C21H28F2N2O4/c1-27-8-7-25-6-2-5-20(19(25)26)13-21(22,23)15-24(14-20)12-16-3-4-17-18(11-16)29-10-9-28-17/h3-4,11H,2,5-10,12-15H2,1H3. The normalized spacial score (nSPS) is 26.7. The van der Waals surface area contributed by atoms with E-state index in [2.05, 4.69) is 0 Å². The molecule has 1 spiro atoms. The maximum atomic E-state index is 14.7. The average Bonchev–Trinajstić information content (AvgIpc) is 2.68. The first-order valence-electron chi connectivity index (χ1n) is 10.2. The molecule has 3 aliphatic rings. The highest BCUT2D eigenvalue weighted by molar-refractivity contribution is 5.84. The van der Waals surface area contributed by atoms with Crippen molar-refractivity contribution in [2.75, 3.05) is 53.1 Å². The van der Waals surface area contributed by atoms with Gasteiger partial charge in [-0.3, -0.25) is 9.69 Å². The van der Waals surface area contributed by atoms with Crippen LogP contribution in [0.5, 0.6) is 11.5 Å². The first-order chi connectivity index (χ1) is 13.9. The number of carbonyl (C=O) groups excluding carboxylic acids is 1. The molecular weight excluding hydrogens is 382 g/mol. The first kappa shape index (κ1) is 20.3. The van der Waals surface area contributed by atoms with Gasteiger partial charge >= 0.3 is 0 Å². The molecule has 1 amide bonds. The largest absolute Gasteiger partial charge is 0.486 e. The van der Waals surface area contributed by atoms with Crippen LogP contribution in [0.2, 0.25) is 0 Å². The molecule has 0 radical (unpaired) electrons. The van der Waals surface area contributed by atoms with E-state index in [1.54, 1.807) is 16.9 Å². The van der Waals surface area contributed by atoms with E-state index in [-0.39, 0.29) is 18.9 Å². The highest BCUT2D eigenvalue weighted by Crippen LogP contribution is 2.45. The summed E-state index contributed by atoms with van der Waals surface area (Å²) in [5.41, 5.74) is -0.150. The van der Waals surface area contributed by atoms with Crippen molar-refractivity contribution in [3.05, 3.63) is 23.8 Å². The molecule has 160 valence electrons. The highest BCUT2D eigenvalue weighted by Gasteiger charge is 2.55. The van der Waals surface area contributed by atoms with Crippen molar-refractivity contribution >= 4 is 5.91 Å². The van der Waals surface area contributed by atoms with Gasteiger partial charge in [-0.25, -0.2) is 8.78 Å². The van der Waals surface area contributed by atoms with Gasteiger partial charge < -0.3 is 19.1 Å². The van der Waals surface area contributed by atoms with E-state index >= 15 is 0 Å². The third-order valence-electron chi connectivity index (χ3n) is 5.98. The number of hydrogen-bond acceptors (Lipinski definition) is 5. The number of ether oxygens (including phenoxy) is 3. The number of piperidine rings is 2. The molecule has 3 aliphatic heterocycles. The summed E-state index contributed by atoms with van der Waals surface area (Å²) in [6.45, 7) is 2.82. The number of benzene rings is 1. The maximum Gasteiger partial charge on any atom is 0.261 e. The summed E-state index contributed by atoms with van der Waals surface area (Å²) in [5, 5.41) is 0. The van der Waals surface area contributed by atoms with E-state index in [1.807, 2.05) is 18.2 Å². The number of methoxy groups -OCH3 is 1. The van der Waals surface area contributed by atoms with E-state index < -0.39 is 11.3 Å². The Bertz CT molecular complexity index is 760. The molecule has 0 aromatic heterocycles. The van der Waals surface area contributed by atoms with Crippen LogP contribution >= 0.6 is 0 Å². The Hall–Kier alpha value is -1.93. The quantitative estimate of drug-likeness (QED) is 0.747. The molecule has 0 bridgehead atoms. The molecule has 4 rings (SSSR count). The number of halogens is 2. The van der Waals surface area contributed by atoms with Gasteiger partial charge in [-0.05, 0) is 30.5 Å². The fourth-order valence-electron chi connectivity index (χ4n) is 4.85. The van der Waals surface area contributed by atoms with Gasteiger partial charge in [0, 0.05) is 39.7 Å². The third-order valence-corrected chi connectivity index (χ3v) is 5.98. The van der Waals surface area contributed by atoms with Crippen molar-refractivity contribution in [3.8, 4) is 11.5 Å². The van der Waals surface area contributed by atoms with Crippen molar-refractivity contribution < 1.29 is 27.8 Å². The molecule has 29 heavy (non-hydrogen) atoms. The minimum absolute atomic E-state index is 0.160. The molecule has 1 aromatic carbocycles. The minimum atomic E-state index is -2.90. The van der Waals surface area contributed by atoms with E-state index in [0.29, 0.717) is 63.9 Å². The Morgan fingerprint density at radius 3 is 2.76 bits per heavy atom.